The quantitative estimate of drug-likeness (QED) is 0.706. The van der Waals surface area contributed by atoms with Crippen LogP contribution in [0.25, 0.3) is 0 Å². The third-order valence-corrected chi connectivity index (χ3v) is 5.88. The molecule has 2 saturated heterocycles. The fraction of sp³-hybridized carbons (Fsp3) is 0.346. The third-order valence-electron chi connectivity index (χ3n) is 5.88. The fourth-order valence-electron chi connectivity index (χ4n) is 4.07. The van der Waals surface area contributed by atoms with Gasteiger partial charge in [-0.15, -0.1) is 0 Å². The summed E-state index contributed by atoms with van der Waals surface area (Å²) in [6.07, 6.45) is -5.88. The van der Waals surface area contributed by atoms with Crippen molar-refractivity contribution in [3.05, 3.63) is 77.0 Å². The van der Waals surface area contributed by atoms with Gasteiger partial charge in [0.25, 0.3) is 5.91 Å². The summed E-state index contributed by atoms with van der Waals surface area (Å²) in [7, 11) is 0. The molecule has 1 unspecified atom stereocenters. The number of hydrogen-bond donors (Lipinski definition) is 1. The Bertz CT molecular complexity index is 1370. The Morgan fingerprint density at radius 1 is 1.18 bits per heavy atom. The lowest BCUT2D eigenvalue weighted by molar-refractivity contribution is -0.143. The lowest BCUT2D eigenvalue weighted by Crippen LogP contribution is -2.49. The molecule has 1 N–H and O–H groups in total. The number of nitrogens with one attached hydrogen (secondary N) is 1. The average Bonchev–Trinajstić information content (AvgIpc) is 3.25. The van der Waals surface area contributed by atoms with Crippen molar-refractivity contribution in [2.75, 3.05) is 19.8 Å². The maximum absolute atomic E-state index is 13.3. The van der Waals surface area contributed by atoms with Gasteiger partial charge in [-0.1, -0.05) is 36.9 Å². The van der Waals surface area contributed by atoms with Crippen LogP contribution in [0.5, 0.6) is 5.75 Å². The molecule has 0 radical (unpaired) electrons. The van der Waals surface area contributed by atoms with Crippen LogP contribution < -0.4 is 10.1 Å². The lowest BCUT2D eigenvalue weighted by atomic mass is 10.0. The normalized spacial score (nSPS) is 27.7. The number of hydrogen-bond acceptors (Lipinski definition) is 5. The minimum Gasteiger partial charge on any atom is -0.489 e. The SMILES string of the molecule is [2H]C1([2H])C(=C)NC(=O)C([2H])(N2Cc3c(OCc4ccc(CN5CCOCC5=O)cc4)cccc3C2=O)C1([2H])[2H]. The van der Waals surface area contributed by atoms with Gasteiger partial charge in [-0.2, -0.15) is 0 Å². The second kappa shape index (κ2) is 9.30. The van der Waals surface area contributed by atoms with E-state index in [1.54, 1.807) is 17.0 Å². The molecule has 2 fully saturated rings. The predicted molar refractivity (Wildman–Crippen MR) is 124 cm³/mol. The Balaban J connectivity index is 1.32. The molecule has 8 heteroatoms. The molecule has 3 amide bonds. The Kier molecular flexibility index (Phi) is 4.62. The minimum atomic E-state index is -3.09. The van der Waals surface area contributed by atoms with Gasteiger partial charge in [-0.25, -0.2) is 0 Å². The van der Waals surface area contributed by atoms with Crippen LogP contribution >= 0.6 is 0 Å². The summed E-state index contributed by atoms with van der Waals surface area (Å²) < 4.78 is 53.0. The van der Waals surface area contributed by atoms with Crippen LogP contribution in [0.2, 0.25) is 0 Å². The first-order chi connectivity index (χ1) is 18.4. The Morgan fingerprint density at radius 2 is 1.97 bits per heavy atom. The molecule has 3 heterocycles. The van der Waals surface area contributed by atoms with E-state index in [0.717, 1.165) is 16.0 Å². The molecule has 1 atom stereocenters. The molecule has 176 valence electrons. The predicted octanol–water partition coefficient (Wildman–Crippen LogP) is 2.37. The molecule has 0 aromatic heterocycles. The van der Waals surface area contributed by atoms with E-state index >= 15 is 0 Å². The highest BCUT2D eigenvalue weighted by atomic mass is 16.5. The summed E-state index contributed by atoms with van der Waals surface area (Å²) in [6.45, 7) is 4.86. The number of piperidine rings is 1. The molecule has 0 spiro atoms. The second-order valence-electron chi connectivity index (χ2n) is 8.18. The van der Waals surface area contributed by atoms with E-state index in [9.17, 15) is 14.4 Å². The van der Waals surface area contributed by atoms with Crippen molar-refractivity contribution in [3.63, 3.8) is 0 Å². The molecule has 34 heavy (non-hydrogen) atoms. The van der Waals surface area contributed by atoms with Crippen molar-refractivity contribution in [2.24, 2.45) is 0 Å². The van der Waals surface area contributed by atoms with E-state index in [1.165, 1.54) is 6.07 Å². The minimum absolute atomic E-state index is 0.0514. The van der Waals surface area contributed by atoms with Crippen molar-refractivity contribution >= 4 is 17.7 Å². The van der Waals surface area contributed by atoms with E-state index in [4.69, 9.17) is 16.3 Å². The highest BCUT2D eigenvalue weighted by Gasteiger charge is 2.39. The summed E-state index contributed by atoms with van der Waals surface area (Å²) in [5.74, 6) is -1.66. The van der Waals surface area contributed by atoms with E-state index in [2.05, 4.69) is 11.9 Å². The van der Waals surface area contributed by atoms with Crippen LogP contribution in [0, 0.1) is 0 Å². The first-order valence-electron chi connectivity index (χ1n) is 13.4. The molecule has 3 aliphatic rings. The number of nitrogens with zero attached hydrogens (tertiary/aromatic N) is 2. The molecule has 8 nitrogen and oxygen atoms in total. The highest BCUT2D eigenvalue weighted by Crippen LogP contribution is 2.34. The topological polar surface area (TPSA) is 88.2 Å². The maximum atomic E-state index is 13.3. The van der Waals surface area contributed by atoms with Crippen LogP contribution in [0.15, 0.2) is 54.7 Å². The molecule has 3 aliphatic heterocycles. The zero-order valence-corrected chi connectivity index (χ0v) is 18.4. The monoisotopic (exact) mass is 466 g/mol. The number of carbonyl (C=O) groups excluding carboxylic acids is 3. The fourth-order valence-corrected chi connectivity index (χ4v) is 4.07. The van der Waals surface area contributed by atoms with Gasteiger partial charge in [0.05, 0.1) is 14.5 Å². The Labute approximate surface area is 205 Å². The first-order valence-corrected chi connectivity index (χ1v) is 10.9. The molecular formula is C26H27N3O5. The van der Waals surface area contributed by atoms with Crippen LogP contribution in [0.4, 0.5) is 0 Å². The van der Waals surface area contributed by atoms with Crippen molar-refractivity contribution in [1.82, 2.24) is 15.1 Å². The van der Waals surface area contributed by atoms with E-state index < -0.39 is 36.3 Å². The maximum Gasteiger partial charge on any atom is 0.255 e. The van der Waals surface area contributed by atoms with Gasteiger partial charge >= 0.3 is 0 Å². The molecule has 0 aliphatic carbocycles. The number of allylic oxidation sites excluding steroid dienone is 1. The number of rotatable bonds is 6. The lowest BCUT2D eigenvalue weighted by Gasteiger charge is -2.31. The number of benzene rings is 2. The Hall–Kier alpha value is -3.65. The summed E-state index contributed by atoms with van der Waals surface area (Å²) in [6, 6.07) is 9.38. The van der Waals surface area contributed by atoms with E-state index in [0.29, 0.717) is 31.0 Å². The molecule has 5 rings (SSSR count). The average molecular weight is 467 g/mol. The summed E-state index contributed by atoms with van der Waals surface area (Å²) in [5, 5.41) is 2.14. The number of morpholine rings is 1. The molecule has 0 bridgehead atoms. The van der Waals surface area contributed by atoms with Crippen molar-refractivity contribution < 1.29 is 30.7 Å². The van der Waals surface area contributed by atoms with Gasteiger partial charge in [0.1, 0.15) is 25.0 Å². The number of ether oxygens (including phenoxy) is 2. The standard InChI is InChI=1S/C26H27N3O5/c1-17-5-10-22(25(31)27-17)29-14-21-20(26(29)32)3-2-4-23(21)34-15-19-8-6-18(7-9-19)13-28-11-12-33-16-24(28)30/h2-4,6-9,22H,1,5,10-16H2,(H,27,31)/i5D2,10D2,22D. The largest absolute Gasteiger partial charge is 0.489 e. The Morgan fingerprint density at radius 3 is 2.76 bits per heavy atom. The van der Waals surface area contributed by atoms with Crippen molar-refractivity contribution in [2.45, 2.75) is 38.5 Å². The molecular weight excluding hydrogens is 434 g/mol. The summed E-state index contributed by atoms with van der Waals surface area (Å²) >= 11 is 0. The van der Waals surface area contributed by atoms with Gasteiger partial charge in [0.2, 0.25) is 11.8 Å². The molecule has 0 saturated carbocycles. The third kappa shape index (κ3) is 4.41. The van der Waals surface area contributed by atoms with Crippen LogP contribution in [0.1, 0.15) is 46.6 Å². The number of fused-ring (bicyclic) bond motifs is 1. The van der Waals surface area contributed by atoms with Crippen LogP contribution in [0.3, 0.4) is 0 Å². The van der Waals surface area contributed by atoms with Crippen LogP contribution in [-0.2, 0) is 34.0 Å². The van der Waals surface area contributed by atoms with E-state index in [-0.39, 0.29) is 31.2 Å². The van der Waals surface area contributed by atoms with Gasteiger partial charge in [0, 0.05) is 35.4 Å². The zero-order valence-electron chi connectivity index (χ0n) is 23.4. The smallest absolute Gasteiger partial charge is 0.255 e. The molecule has 2 aromatic carbocycles. The van der Waals surface area contributed by atoms with Gasteiger partial charge < -0.3 is 24.6 Å². The van der Waals surface area contributed by atoms with Gasteiger partial charge in [-0.05, 0) is 36.0 Å². The highest BCUT2D eigenvalue weighted by molar-refractivity contribution is 6.02. The van der Waals surface area contributed by atoms with Gasteiger partial charge in [0.15, 0.2) is 0 Å². The van der Waals surface area contributed by atoms with Crippen LogP contribution in [-0.4, -0.2) is 53.3 Å². The summed E-state index contributed by atoms with van der Waals surface area (Å²) in [4.78, 5) is 40.6. The van der Waals surface area contributed by atoms with Gasteiger partial charge in [-0.3, -0.25) is 14.4 Å². The molecule has 2 aromatic rings. The van der Waals surface area contributed by atoms with Crippen molar-refractivity contribution in [1.29, 1.82) is 0 Å². The summed E-state index contributed by atoms with van der Waals surface area (Å²) in [5.41, 5.74) is 1.82. The first kappa shape index (κ1) is 16.9. The number of amides is 3. The zero-order chi connectivity index (χ0) is 28.2. The van der Waals surface area contributed by atoms with E-state index in [1.807, 2.05) is 24.3 Å². The van der Waals surface area contributed by atoms with Crippen molar-refractivity contribution in [3.8, 4) is 5.75 Å². The number of carbonyl (C=O) groups is 3. The second-order valence-corrected chi connectivity index (χ2v) is 8.18.